The van der Waals surface area contributed by atoms with Crippen molar-refractivity contribution in [1.29, 1.82) is 0 Å². The molecule has 17 heavy (non-hydrogen) atoms. The van der Waals surface area contributed by atoms with Gasteiger partial charge in [-0.1, -0.05) is 0 Å². The first-order valence-electron chi connectivity index (χ1n) is 5.73. The van der Waals surface area contributed by atoms with Crippen molar-refractivity contribution in [3.05, 3.63) is 0 Å². The first kappa shape index (κ1) is 13.8. The topological polar surface area (TPSA) is 67.9 Å². The lowest BCUT2D eigenvalue weighted by Crippen LogP contribution is -2.47. The highest BCUT2D eigenvalue weighted by atomic mass is 16.7. The molecule has 0 bridgehead atoms. The van der Waals surface area contributed by atoms with E-state index in [9.17, 15) is 9.59 Å². The van der Waals surface area contributed by atoms with E-state index in [0.717, 1.165) is 6.42 Å². The van der Waals surface area contributed by atoms with Crippen molar-refractivity contribution in [2.75, 3.05) is 13.2 Å². The van der Waals surface area contributed by atoms with Gasteiger partial charge in [-0.05, 0) is 34.1 Å². The number of hydrogen-bond donors (Lipinski definition) is 1. The molecule has 0 aliphatic carbocycles. The van der Waals surface area contributed by atoms with Crippen LogP contribution >= 0.6 is 0 Å². The summed E-state index contributed by atoms with van der Waals surface area (Å²) < 4.78 is 5.06. The first-order chi connectivity index (χ1) is 7.79. The number of carbonyl (C=O) groups excluding carboxylic acids is 2. The predicted molar refractivity (Wildman–Crippen MR) is 61.1 cm³/mol. The van der Waals surface area contributed by atoms with E-state index >= 15 is 0 Å². The number of carbonyl (C=O) groups is 2. The van der Waals surface area contributed by atoms with Crippen molar-refractivity contribution in [1.82, 2.24) is 10.4 Å². The van der Waals surface area contributed by atoms with Crippen LogP contribution in [-0.4, -0.2) is 41.9 Å². The zero-order valence-electron chi connectivity index (χ0n) is 10.8. The molecule has 1 rings (SSSR count). The van der Waals surface area contributed by atoms with Gasteiger partial charge in [0.1, 0.15) is 11.6 Å². The molecule has 0 radical (unpaired) electrons. The van der Waals surface area contributed by atoms with Crippen LogP contribution in [0, 0.1) is 0 Å². The summed E-state index contributed by atoms with van der Waals surface area (Å²) in [4.78, 5) is 28.3. The van der Waals surface area contributed by atoms with E-state index < -0.39 is 17.7 Å². The summed E-state index contributed by atoms with van der Waals surface area (Å²) in [7, 11) is 0. The lowest BCUT2D eigenvalue weighted by molar-refractivity contribution is -0.170. The number of nitrogens with one attached hydrogen (secondary N) is 1. The molecule has 1 aliphatic rings. The van der Waals surface area contributed by atoms with Crippen LogP contribution in [0.4, 0.5) is 4.79 Å². The van der Waals surface area contributed by atoms with E-state index in [-0.39, 0.29) is 5.91 Å². The molecule has 6 heteroatoms. The molecule has 6 nitrogen and oxygen atoms in total. The Morgan fingerprint density at radius 1 is 1.41 bits per heavy atom. The zero-order valence-corrected chi connectivity index (χ0v) is 10.8. The molecule has 1 unspecified atom stereocenters. The van der Waals surface area contributed by atoms with E-state index in [0.29, 0.717) is 13.2 Å². The lowest BCUT2D eigenvalue weighted by atomic mass is 10.2. The van der Waals surface area contributed by atoms with Crippen LogP contribution in [-0.2, 0) is 14.4 Å². The van der Waals surface area contributed by atoms with E-state index in [1.165, 1.54) is 5.06 Å². The monoisotopic (exact) mass is 244 g/mol. The summed E-state index contributed by atoms with van der Waals surface area (Å²) in [6.07, 6.45) is 0.225. The van der Waals surface area contributed by atoms with Gasteiger partial charge in [0.05, 0.1) is 13.2 Å². The average molecular weight is 244 g/mol. The predicted octanol–water partition coefficient (Wildman–Crippen LogP) is 1.06. The number of ether oxygens (including phenoxy) is 1. The van der Waals surface area contributed by atoms with Gasteiger partial charge in [-0.15, -0.1) is 0 Å². The fourth-order valence-corrected chi connectivity index (χ4v) is 1.38. The molecule has 1 atom stereocenters. The van der Waals surface area contributed by atoms with Crippen molar-refractivity contribution in [3.63, 3.8) is 0 Å². The van der Waals surface area contributed by atoms with E-state index in [1.54, 1.807) is 27.7 Å². The van der Waals surface area contributed by atoms with Crippen LogP contribution in [0.25, 0.3) is 0 Å². The van der Waals surface area contributed by atoms with Crippen LogP contribution in [0.15, 0.2) is 0 Å². The summed E-state index contributed by atoms with van der Waals surface area (Å²) in [6, 6.07) is -0.650. The minimum Gasteiger partial charge on any atom is -0.444 e. The quantitative estimate of drug-likeness (QED) is 0.788. The summed E-state index contributed by atoms with van der Waals surface area (Å²) in [5.74, 6) is -0.256. The summed E-state index contributed by atoms with van der Waals surface area (Å²) >= 11 is 0. The Balaban J connectivity index is 2.40. The molecule has 2 amide bonds. The molecular formula is C11H20N2O4. The minimum absolute atomic E-state index is 0.256. The highest BCUT2D eigenvalue weighted by Crippen LogP contribution is 2.09. The van der Waals surface area contributed by atoms with Crippen molar-refractivity contribution < 1.29 is 19.2 Å². The molecule has 0 aromatic heterocycles. The molecule has 0 spiro atoms. The number of hydroxylamine groups is 2. The Morgan fingerprint density at radius 3 is 2.53 bits per heavy atom. The second-order valence-electron chi connectivity index (χ2n) is 5.00. The van der Waals surface area contributed by atoms with Gasteiger partial charge < -0.3 is 10.1 Å². The molecule has 0 saturated carbocycles. The third-order valence-electron chi connectivity index (χ3n) is 2.10. The van der Waals surface area contributed by atoms with Crippen molar-refractivity contribution >= 4 is 12.0 Å². The minimum atomic E-state index is -0.650. The van der Waals surface area contributed by atoms with Crippen molar-refractivity contribution in [3.8, 4) is 0 Å². The van der Waals surface area contributed by atoms with Crippen LogP contribution in [0.3, 0.4) is 0 Å². The van der Waals surface area contributed by atoms with E-state index in [2.05, 4.69) is 5.32 Å². The Morgan fingerprint density at radius 2 is 2.06 bits per heavy atom. The SMILES string of the molecule is CC(NC(=O)OC(C)(C)C)C(=O)N1CCCO1. The summed E-state index contributed by atoms with van der Waals surface area (Å²) in [5, 5.41) is 3.76. The Labute approximate surface area is 101 Å². The van der Waals surface area contributed by atoms with Crippen LogP contribution < -0.4 is 5.32 Å². The molecule has 0 aromatic rings. The number of nitrogens with zero attached hydrogens (tertiary/aromatic N) is 1. The molecule has 1 fully saturated rings. The molecule has 0 aromatic carbocycles. The third-order valence-corrected chi connectivity index (χ3v) is 2.10. The van der Waals surface area contributed by atoms with Gasteiger partial charge in [0.15, 0.2) is 0 Å². The van der Waals surface area contributed by atoms with Crippen LogP contribution in [0.1, 0.15) is 34.1 Å². The van der Waals surface area contributed by atoms with Gasteiger partial charge in [-0.2, -0.15) is 0 Å². The average Bonchev–Trinajstić information content (AvgIpc) is 2.65. The largest absolute Gasteiger partial charge is 0.444 e. The smallest absolute Gasteiger partial charge is 0.408 e. The molecule has 1 N–H and O–H groups in total. The van der Waals surface area contributed by atoms with Gasteiger partial charge >= 0.3 is 6.09 Å². The number of amides is 2. The normalized spacial score (nSPS) is 17.8. The Hall–Kier alpha value is -1.30. The number of hydrogen-bond acceptors (Lipinski definition) is 4. The first-order valence-corrected chi connectivity index (χ1v) is 5.73. The summed E-state index contributed by atoms with van der Waals surface area (Å²) in [5.41, 5.74) is -0.572. The maximum atomic E-state index is 11.8. The van der Waals surface area contributed by atoms with Crippen LogP contribution in [0.2, 0.25) is 0 Å². The fourth-order valence-electron chi connectivity index (χ4n) is 1.38. The lowest BCUT2D eigenvalue weighted by Gasteiger charge is -2.23. The van der Waals surface area contributed by atoms with Gasteiger partial charge in [0, 0.05) is 0 Å². The second kappa shape index (κ2) is 5.35. The van der Waals surface area contributed by atoms with Crippen molar-refractivity contribution in [2.24, 2.45) is 0 Å². The molecule has 1 heterocycles. The van der Waals surface area contributed by atoms with Crippen molar-refractivity contribution in [2.45, 2.75) is 45.8 Å². The standard InChI is InChI=1S/C11H20N2O4/c1-8(9(14)13-6-5-7-16-13)12-10(15)17-11(2,3)4/h8H,5-7H2,1-4H3,(H,12,15). The molecule has 1 saturated heterocycles. The van der Waals surface area contributed by atoms with Gasteiger partial charge in [-0.3, -0.25) is 9.63 Å². The Kier molecular flexibility index (Phi) is 4.34. The summed E-state index contributed by atoms with van der Waals surface area (Å²) in [6.45, 7) is 8.02. The van der Waals surface area contributed by atoms with Gasteiger partial charge in [0.25, 0.3) is 5.91 Å². The van der Waals surface area contributed by atoms with Gasteiger partial charge in [-0.25, -0.2) is 9.86 Å². The highest BCUT2D eigenvalue weighted by Gasteiger charge is 2.27. The van der Waals surface area contributed by atoms with Crippen LogP contribution in [0.5, 0.6) is 0 Å². The maximum Gasteiger partial charge on any atom is 0.408 e. The molecule has 1 aliphatic heterocycles. The maximum absolute atomic E-state index is 11.8. The van der Waals surface area contributed by atoms with E-state index in [4.69, 9.17) is 9.57 Å². The second-order valence-corrected chi connectivity index (χ2v) is 5.00. The zero-order chi connectivity index (χ0) is 13.1. The Bertz CT molecular complexity index is 292. The number of alkyl carbamates (subject to hydrolysis) is 1. The highest BCUT2D eigenvalue weighted by molar-refractivity contribution is 5.84. The van der Waals surface area contributed by atoms with E-state index in [1.807, 2.05) is 0 Å². The van der Waals surface area contributed by atoms with Gasteiger partial charge in [0.2, 0.25) is 0 Å². The fraction of sp³-hybridized carbons (Fsp3) is 0.818. The number of rotatable bonds is 2. The molecular weight excluding hydrogens is 224 g/mol. The third kappa shape index (κ3) is 4.60. The molecule has 98 valence electrons.